The Labute approximate surface area is 89.3 Å². The van der Waals surface area contributed by atoms with E-state index in [9.17, 15) is 4.79 Å². The van der Waals surface area contributed by atoms with Gasteiger partial charge < -0.3 is 4.90 Å². The van der Waals surface area contributed by atoms with Gasteiger partial charge in [0.25, 0.3) is 0 Å². The number of benzene rings is 1. The zero-order chi connectivity index (χ0) is 9.97. The summed E-state index contributed by atoms with van der Waals surface area (Å²) in [6, 6.07) is 8.10. The van der Waals surface area contributed by atoms with Crippen LogP contribution in [0.3, 0.4) is 0 Å². The second-order valence-electron chi connectivity index (χ2n) is 3.40. The summed E-state index contributed by atoms with van der Waals surface area (Å²) < 4.78 is 0. The van der Waals surface area contributed by atoms with Gasteiger partial charge in [-0.25, -0.2) is 0 Å². The Hall–Kier alpha value is -0.960. The van der Waals surface area contributed by atoms with Gasteiger partial charge in [0, 0.05) is 24.4 Å². The van der Waals surface area contributed by atoms with Crippen LogP contribution in [0.2, 0.25) is 0 Å². The molecular weight excluding hydrogens is 194 g/mol. The molecule has 0 saturated carbocycles. The van der Waals surface area contributed by atoms with Gasteiger partial charge in [-0.3, -0.25) is 4.79 Å². The van der Waals surface area contributed by atoms with Gasteiger partial charge in [0.05, 0.1) is 0 Å². The van der Waals surface area contributed by atoms with Gasteiger partial charge in [-0.2, -0.15) is 12.6 Å². The molecule has 1 aromatic rings. The van der Waals surface area contributed by atoms with Crippen molar-refractivity contribution in [3.8, 4) is 0 Å². The number of aryl methyl sites for hydroxylation is 1. The molecule has 0 aromatic heterocycles. The Bertz CT molecular complexity index is 351. The molecular formula is C11H13NOS. The summed E-state index contributed by atoms with van der Waals surface area (Å²) in [4.78, 5) is 13.5. The van der Waals surface area contributed by atoms with Gasteiger partial charge in [-0.05, 0) is 18.1 Å². The third-order valence-corrected chi connectivity index (χ3v) is 2.72. The minimum Gasteiger partial charge on any atom is -0.311 e. The van der Waals surface area contributed by atoms with Crippen molar-refractivity contribution in [1.82, 2.24) is 0 Å². The van der Waals surface area contributed by atoms with E-state index in [1.165, 1.54) is 5.56 Å². The lowest BCUT2D eigenvalue weighted by Gasteiger charge is -2.28. The van der Waals surface area contributed by atoms with Crippen molar-refractivity contribution in [2.75, 3.05) is 17.2 Å². The van der Waals surface area contributed by atoms with Crippen LogP contribution < -0.4 is 4.90 Å². The molecule has 1 aromatic carbocycles. The number of nitrogens with zero attached hydrogens (tertiary/aromatic N) is 1. The maximum Gasteiger partial charge on any atom is 0.227 e. The molecule has 0 spiro atoms. The van der Waals surface area contributed by atoms with E-state index in [4.69, 9.17) is 0 Å². The van der Waals surface area contributed by atoms with Crippen LogP contribution in [0.4, 0.5) is 5.69 Å². The summed E-state index contributed by atoms with van der Waals surface area (Å²) in [5, 5.41) is 0. The predicted molar refractivity (Wildman–Crippen MR) is 61.0 cm³/mol. The van der Waals surface area contributed by atoms with Gasteiger partial charge in [-0.15, -0.1) is 0 Å². The number of amides is 1. The van der Waals surface area contributed by atoms with Crippen LogP contribution >= 0.6 is 12.6 Å². The van der Waals surface area contributed by atoms with Crippen LogP contribution in [0.15, 0.2) is 24.3 Å². The largest absolute Gasteiger partial charge is 0.311 e. The van der Waals surface area contributed by atoms with E-state index in [-0.39, 0.29) is 5.91 Å². The molecule has 0 saturated heterocycles. The highest BCUT2D eigenvalue weighted by molar-refractivity contribution is 7.80. The first kappa shape index (κ1) is 9.59. The van der Waals surface area contributed by atoms with E-state index in [0.29, 0.717) is 18.7 Å². The lowest BCUT2D eigenvalue weighted by molar-refractivity contribution is -0.118. The maximum atomic E-state index is 11.6. The fourth-order valence-electron chi connectivity index (χ4n) is 1.84. The summed E-state index contributed by atoms with van der Waals surface area (Å²) in [7, 11) is 0. The minimum atomic E-state index is 0.220. The smallest absolute Gasteiger partial charge is 0.227 e. The predicted octanol–water partition coefficient (Wildman–Crippen LogP) is 1.90. The van der Waals surface area contributed by atoms with Gasteiger partial charge in [0.2, 0.25) is 5.91 Å². The average Bonchev–Trinajstić information content (AvgIpc) is 2.23. The quantitative estimate of drug-likeness (QED) is 0.734. The molecule has 2 nitrogen and oxygen atoms in total. The molecule has 14 heavy (non-hydrogen) atoms. The van der Waals surface area contributed by atoms with Crippen molar-refractivity contribution >= 4 is 24.2 Å². The minimum absolute atomic E-state index is 0.220. The van der Waals surface area contributed by atoms with E-state index in [2.05, 4.69) is 18.7 Å². The summed E-state index contributed by atoms with van der Waals surface area (Å²) in [5.74, 6) is 0.929. The second kappa shape index (κ2) is 4.05. The third kappa shape index (κ3) is 1.64. The first-order valence-electron chi connectivity index (χ1n) is 4.82. The van der Waals surface area contributed by atoms with Crippen LogP contribution in [0, 0.1) is 0 Å². The lowest BCUT2D eigenvalue weighted by atomic mass is 10.0. The monoisotopic (exact) mass is 207 g/mol. The summed E-state index contributed by atoms with van der Waals surface area (Å²) >= 11 is 4.17. The molecule has 1 heterocycles. The van der Waals surface area contributed by atoms with Crippen molar-refractivity contribution < 1.29 is 4.79 Å². The van der Waals surface area contributed by atoms with Crippen LogP contribution in [-0.2, 0) is 11.2 Å². The number of rotatable bonds is 2. The van der Waals surface area contributed by atoms with E-state index in [0.717, 1.165) is 12.1 Å². The molecule has 0 N–H and O–H groups in total. The molecule has 74 valence electrons. The van der Waals surface area contributed by atoms with E-state index in [1.807, 2.05) is 23.1 Å². The van der Waals surface area contributed by atoms with Crippen LogP contribution in [-0.4, -0.2) is 18.2 Å². The van der Waals surface area contributed by atoms with Crippen molar-refractivity contribution in [3.63, 3.8) is 0 Å². The molecule has 0 bridgehead atoms. The lowest BCUT2D eigenvalue weighted by Crippen LogP contribution is -2.36. The third-order valence-electron chi connectivity index (χ3n) is 2.52. The van der Waals surface area contributed by atoms with Crippen molar-refractivity contribution in [2.24, 2.45) is 0 Å². The van der Waals surface area contributed by atoms with Gasteiger partial charge >= 0.3 is 0 Å². The summed E-state index contributed by atoms with van der Waals surface area (Å²) in [6.45, 7) is 0.707. The van der Waals surface area contributed by atoms with Gasteiger partial charge in [0.1, 0.15) is 0 Å². The molecule has 0 atom stereocenters. The van der Waals surface area contributed by atoms with Crippen molar-refractivity contribution in [2.45, 2.75) is 12.8 Å². The standard InChI is InChI=1S/C11H13NOS/c13-11-6-5-9-3-1-2-4-10(9)12(11)7-8-14/h1-4,14H,5-8H2. The number of hydrogen-bond acceptors (Lipinski definition) is 2. The molecule has 3 heteroatoms. The number of fused-ring (bicyclic) bond motifs is 1. The highest BCUT2D eigenvalue weighted by Gasteiger charge is 2.22. The highest BCUT2D eigenvalue weighted by atomic mass is 32.1. The number of carbonyl (C=O) groups is 1. The van der Waals surface area contributed by atoms with E-state index in [1.54, 1.807) is 0 Å². The highest BCUT2D eigenvalue weighted by Crippen LogP contribution is 2.26. The Balaban J connectivity index is 2.36. The zero-order valence-corrected chi connectivity index (χ0v) is 8.83. The average molecular weight is 207 g/mol. The summed E-state index contributed by atoms with van der Waals surface area (Å²) in [5.41, 5.74) is 2.34. The van der Waals surface area contributed by atoms with Crippen LogP contribution in [0.25, 0.3) is 0 Å². The van der Waals surface area contributed by atoms with E-state index >= 15 is 0 Å². The SMILES string of the molecule is O=C1CCc2ccccc2N1CCS. The number of hydrogen-bond donors (Lipinski definition) is 1. The Morgan fingerprint density at radius 3 is 2.86 bits per heavy atom. The fourth-order valence-corrected chi connectivity index (χ4v) is 2.04. The number of para-hydroxylation sites is 1. The molecule has 0 fully saturated rings. The first-order valence-corrected chi connectivity index (χ1v) is 5.45. The Kier molecular flexibility index (Phi) is 2.77. The topological polar surface area (TPSA) is 20.3 Å². The van der Waals surface area contributed by atoms with Crippen molar-refractivity contribution in [1.29, 1.82) is 0 Å². The van der Waals surface area contributed by atoms with Gasteiger partial charge in [-0.1, -0.05) is 18.2 Å². The van der Waals surface area contributed by atoms with Crippen LogP contribution in [0.5, 0.6) is 0 Å². The summed E-state index contributed by atoms with van der Waals surface area (Å²) in [6.07, 6.45) is 1.50. The molecule has 0 unspecified atom stereocenters. The van der Waals surface area contributed by atoms with Gasteiger partial charge in [0.15, 0.2) is 0 Å². The van der Waals surface area contributed by atoms with E-state index < -0.39 is 0 Å². The molecule has 1 aliphatic heterocycles. The number of anilines is 1. The molecule has 0 aliphatic carbocycles. The van der Waals surface area contributed by atoms with Crippen molar-refractivity contribution in [3.05, 3.63) is 29.8 Å². The Morgan fingerprint density at radius 1 is 1.29 bits per heavy atom. The number of carbonyl (C=O) groups excluding carboxylic acids is 1. The molecule has 2 rings (SSSR count). The molecule has 1 aliphatic rings. The molecule has 1 amide bonds. The fraction of sp³-hybridized carbons (Fsp3) is 0.364. The maximum absolute atomic E-state index is 11.6. The first-order chi connectivity index (χ1) is 6.83. The molecule has 0 radical (unpaired) electrons. The normalized spacial score (nSPS) is 15.5. The zero-order valence-electron chi connectivity index (χ0n) is 7.94. The second-order valence-corrected chi connectivity index (χ2v) is 3.84. The Morgan fingerprint density at radius 2 is 2.07 bits per heavy atom. The van der Waals surface area contributed by atoms with Crippen LogP contribution in [0.1, 0.15) is 12.0 Å². The number of thiol groups is 1.